The molecule has 0 fully saturated rings. The monoisotopic (exact) mass is 285 g/mol. The lowest BCUT2D eigenvalue weighted by molar-refractivity contribution is 0.287. The Morgan fingerprint density at radius 1 is 1.48 bits per heavy atom. The van der Waals surface area contributed by atoms with Gasteiger partial charge in [-0.15, -0.1) is 0 Å². The standard InChI is InChI=1S/C15H19N5O/c1-21-15(17)7-6-12(11-16)20-14(8-10-19-20)13-5-3-2-4-9-18-13/h2,4-10H,3,11,16-17H2,1H3/b12-6+,15-7+. The minimum atomic E-state index is 0.311. The van der Waals surface area contributed by atoms with Gasteiger partial charge in [0.1, 0.15) is 0 Å². The summed E-state index contributed by atoms with van der Waals surface area (Å²) in [6.45, 7) is 0.317. The van der Waals surface area contributed by atoms with E-state index in [-0.39, 0.29) is 0 Å². The van der Waals surface area contributed by atoms with Crippen molar-refractivity contribution < 1.29 is 4.74 Å². The topological polar surface area (TPSA) is 91.4 Å². The number of hydrogen-bond donors (Lipinski definition) is 2. The van der Waals surface area contributed by atoms with Gasteiger partial charge in [0.15, 0.2) is 5.88 Å². The Morgan fingerprint density at radius 2 is 2.33 bits per heavy atom. The molecule has 1 aliphatic rings. The SMILES string of the molecule is CO/C(N)=C/C=C(\CN)n1nccc1C1=CCC=CC=N1. The summed E-state index contributed by atoms with van der Waals surface area (Å²) in [5.74, 6) is 0.311. The highest BCUT2D eigenvalue weighted by Gasteiger charge is 2.10. The maximum Gasteiger partial charge on any atom is 0.183 e. The number of nitrogens with zero attached hydrogens (tertiary/aromatic N) is 3. The lowest BCUT2D eigenvalue weighted by Gasteiger charge is -2.10. The van der Waals surface area contributed by atoms with Crippen molar-refractivity contribution in [1.82, 2.24) is 9.78 Å². The quantitative estimate of drug-likeness (QED) is 0.633. The molecule has 0 aromatic carbocycles. The average molecular weight is 285 g/mol. The molecule has 0 aliphatic carbocycles. The second-order valence-electron chi connectivity index (χ2n) is 4.29. The van der Waals surface area contributed by atoms with Crippen LogP contribution in [0.3, 0.4) is 0 Å². The number of nitrogens with two attached hydrogens (primary N) is 2. The smallest absolute Gasteiger partial charge is 0.183 e. The Balaban J connectivity index is 2.36. The average Bonchev–Trinajstić information content (AvgIpc) is 2.82. The third-order valence-electron chi connectivity index (χ3n) is 2.95. The molecule has 2 heterocycles. The number of hydrogen-bond acceptors (Lipinski definition) is 5. The van der Waals surface area contributed by atoms with E-state index in [0.717, 1.165) is 23.5 Å². The molecule has 1 aromatic rings. The summed E-state index contributed by atoms with van der Waals surface area (Å²) in [6.07, 6.45) is 13.8. The van der Waals surface area contributed by atoms with Crippen molar-refractivity contribution in [3.8, 4) is 0 Å². The zero-order valence-electron chi connectivity index (χ0n) is 11.9. The van der Waals surface area contributed by atoms with Crippen molar-refractivity contribution in [2.75, 3.05) is 13.7 Å². The minimum Gasteiger partial charge on any atom is -0.483 e. The molecule has 0 amide bonds. The van der Waals surface area contributed by atoms with Gasteiger partial charge in [-0.05, 0) is 30.7 Å². The Labute approximate surface area is 123 Å². The molecule has 110 valence electrons. The molecule has 1 aliphatic heterocycles. The fourth-order valence-electron chi connectivity index (χ4n) is 1.86. The molecule has 0 saturated carbocycles. The van der Waals surface area contributed by atoms with Crippen molar-refractivity contribution in [2.45, 2.75) is 6.42 Å². The number of aromatic nitrogens is 2. The van der Waals surface area contributed by atoms with Crippen LogP contribution in [0.4, 0.5) is 0 Å². The highest BCUT2D eigenvalue weighted by atomic mass is 16.5. The van der Waals surface area contributed by atoms with E-state index in [1.807, 2.05) is 24.3 Å². The third-order valence-corrected chi connectivity index (χ3v) is 2.95. The first kappa shape index (κ1) is 14.8. The summed E-state index contributed by atoms with van der Waals surface area (Å²) < 4.78 is 6.66. The molecule has 6 heteroatoms. The van der Waals surface area contributed by atoms with Crippen LogP contribution in [0, 0.1) is 0 Å². The van der Waals surface area contributed by atoms with Crippen molar-refractivity contribution in [1.29, 1.82) is 0 Å². The largest absolute Gasteiger partial charge is 0.483 e. The van der Waals surface area contributed by atoms with Crippen LogP contribution in [0.1, 0.15) is 12.1 Å². The van der Waals surface area contributed by atoms with E-state index in [0.29, 0.717) is 12.4 Å². The van der Waals surface area contributed by atoms with E-state index in [2.05, 4.69) is 10.1 Å². The molecule has 0 atom stereocenters. The van der Waals surface area contributed by atoms with Crippen LogP contribution in [0.25, 0.3) is 11.4 Å². The van der Waals surface area contributed by atoms with Gasteiger partial charge in [-0.1, -0.05) is 12.2 Å². The Kier molecular flexibility index (Phi) is 5.11. The first-order valence-electron chi connectivity index (χ1n) is 6.60. The molecule has 0 bridgehead atoms. The lowest BCUT2D eigenvalue weighted by atomic mass is 10.2. The molecule has 2 rings (SSSR count). The Morgan fingerprint density at radius 3 is 3.10 bits per heavy atom. The second kappa shape index (κ2) is 7.25. The summed E-state index contributed by atoms with van der Waals surface area (Å²) in [4.78, 5) is 4.41. The van der Waals surface area contributed by atoms with Gasteiger partial charge in [-0.3, -0.25) is 4.99 Å². The summed E-state index contributed by atoms with van der Waals surface area (Å²) >= 11 is 0. The maximum absolute atomic E-state index is 5.81. The highest BCUT2D eigenvalue weighted by molar-refractivity contribution is 5.81. The van der Waals surface area contributed by atoms with Gasteiger partial charge in [-0.25, -0.2) is 4.68 Å². The van der Waals surface area contributed by atoms with E-state index >= 15 is 0 Å². The van der Waals surface area contributed by atoms with Crippen LogP contribution in [-0.2, 0) is 4.74 Å². The number of methoxy groups -OCH3 is 1. The van der Waals surface area contributed by atoms with Crippen molar-refractivity contribution in [2.24, 2.45) is 16.5 Å². The van der Waals surface area contributed by atoms with E-state index in [9.17, 15) is 0 Å². The Bertz CT molecular complexity index is 634. The van der Waals surface area contributed by atoms with Gasteiger partial charge in [0.2, 0.25) is 0 Å². The molecular formula is C15H19N5O. The van der Waals surface area contributed by atoms with E-state index in [1.54, 1.807) is 29.2 Å². The van der Waals surface area contributed by atoms with Gasteiger partial charge in [0.05, 0.1) is 30.4 Å². The summed E-state index contributed by atoms with van der Waals surface area (Å²) in [5.41, 5.74) is 14.0. The van der Waals surface area contributed by atoms with E-state index in [1.165, 1.54) is 7.11 Å². The zero-order valence-corrected chi connectivity index (χ0v) is 11.9. The third kappa shape index (κ3) is 3.70. The first-order valence-corrected chi connectivity index (χ1v) is 6.60. The second-order valence-corrected chi connectivity index (χ2v) is 4.29. The summed E-state index contributed by atoms with van der Waals surface area (Å²) in [5, 5.41) is 4.32. The molecule has 0 spiro atoms. The van der Waals surface area contributed by atoms with Gasteiger partial charge in [0.25, 0.3) is 0 Å². The first-order chi connectivity index (χ1) is 10.3. The van der Waals surface area contributed by atoms with Gasteiger partial charge < -0.3 is 16.2 Å². The van der Waals surface area contributed by atoms with Crippen molar-refractivity contribution in [3.63, 3.8) is 0 Å². The van der Waals surface area contributed by atoms with Crippen molar-refractivity contribution in [3.05, 3.63) is 54.2 Å². The lowest BCUT2D eigenvalue weighted by Crippen LogP contribution is -2.12. The Hall–Kier alpha value is -2.60. The number of ether oxygens (including phenoxy) is 1. The minimum absolute atomic E-state index is 0.311. The molecule has 4 N–H and O–H groups in total. The van der Waals surface area contributed by atoms with Crippen LogP contribution in [-0.4, -0.2) is 29.6 Å². The number of rotatable bonds is 5. The summed E-state index contributed by atoms with van der Waals surface area (Å²) in [6, 6.07) is 1.90. The fourth-order valence-corrected chi connectivity index (χ4v) is 1.86. The highest BCUT2D eigenvalue weighted by Crippen LogP contribution is 2.20. The molecule has 21 heavy (non-hydrogen) atoms. The predicted molar refractivity (Wildman–Crippen MR) is 85.1 cm³/mol. The zero-order chi connectivity index (χ0) is 15.1. The predicted octanol–water partition coefficient (Wildman–Crippen LogP) is 1.50. The number of aliphatic imine (C=N–C) groups is 1. The van der Waals surface area contributed by atoms with Crippen LogP contribution in [0.15, 0.2) is 53.5 Å². The molecule has 0 saturated heterocycles. The van der Waals surface area contributed by atoms with Gasteiger partial charge in [-0.2, -0.15) is 5.10 Å². The molecule has 0 unspecified atom stereocenters. The molecule has 0 radical (unpaired) electrons. The van der Waals surface area contributed by atoms with Crippen LogP contribution in [0.5, 0.6) is 0 Å². The van der Waals surface area contributed by atoms with Crippen molar-refractivity contribution >= 4 is 17.6 Å². The van der Waals surface area contributed by atoms with Gasteiger partial charge in [0, 0.05) is 12.8 Å². The fraction of sp³-hybridized carbons (Fsp3) is 0.200. The van der Waals surface area contributed by atoms with Gasteiger partial charge >= 0.3 is 0 Å². The molecule has 1 aromatic heterocycles. The van der Waals surface area contributed by atoms with E-state index < -0.39 is 0 Å². The molecule has 6 nitrogen and oxygen atoms in total. The summed E-state index contributed by atoms with van der Waals surface area (Å²) in [7, 11) is 1.51. The number of allylic oxidation sites excluding steroid dienone is 5. The van der Waals surface area contributed by atoms with Crippen LogP contribution in [0.2, 0.25) is 0 Å². The molecular weight excluding hydrogens is 266 g/mol. The van der Waals surface area contributed by atoms with Crippen LogP contribution >= 0.6 is 0 Å². The van der Waals surface area contributed by atoms with Crippen LogP contribution < -0.4 is 11.5 Å². The maximum atomic E-state index is 5.81. The normalized spacial score (nSPS) is 15.8. The van der Waals surface area contributed by atoms with E-state index in [4.69, 9.17) is 16.2 Å².